The third-order valence-electron chi connectivity index (χ3n) is 3.51. The molecule has 0 bridgehead atoms. The van der Waals surface area contributed by atoms with E-state index in [9.17, 15) is 14.4 Å². The van der Waals surface area contributed by atoms with Gasteiger partial charge in [-0.2, -0.15) is 0 Å². The first kappa shape index (κ1) is 15.2. The Bertz CT molecular complexity index is 575. The molecular formula is C16H20N2O3. The number of hydrogen-bond acceptors (Lipinski definition) is 3. The quantitative estimate of drug-likeness (QED) is 0.782. The Morgan fingerprint density at radius 2 is 1.76 bits per heavy atom. The van der Waals surface area contributed by atoms with E-state index in [0.29, 0.717) is 5.69 Å². The van der Waals surface area contributed by atoms with Crippen LogP contribution in [0.4, 0.5) is 5.69 Å². The van der Waals surface area contributed by atoms with Crippen LogP contribution in [-0.4, -0.2) is 34.2 Å². The van der Waals surface area contributed by atoms with Gasteiger partial charge < -0.3 is 4.90 Å². The van der Waals surface area contributed by atoms with E-state index in [0.717, 1.165) is 0 Å². The fourth-order valence-electron chi connectivity index (χ4n) is 2.83. The standard InChI is InChI=1S/C16H20N2O3/c1-11(19)18(16(2,3)4)13-10-14(20)17(15(13)21)12-8-6-5-7-9-12/h5-9,13H,10H2,1-4H3. The van der Waals surface area contributed by atoms with Crippen molar-refractivity contribution >= 4 is 23.4 Å². The molecule has 0 radical (unpaired) electrons. The van der Waals surface area contributed by atoms with Crippen molar-refractivity contribution in [2.24, 2.45) is 0 Å². The number of imide groups is 1. The summed E-state index contributed by atoms with van der Waals surface area (Å²) in [5.74, 6) is -0.813. The molecule has 0 N–H and O–H groups in total. The molecule has 0 spiro atoms. The van der Waals surface area contributed by atoms with E-state index in [1.54, 1.807) is 24.3 Å². The summed E-state index contributed by atoms with van der Waals surface area (Å²) < 4.78 is 0. The van der Waals surface area contributed by atoms with E-state index in [1.165, 1.54) is 16.7 Å². The van der Waals surface area contributed by atoms with Crippen molar-refractivity contribution in [2.75, 3.05) is 4.90 Å². The fourth-order valence-corrected chi connectivity index (χ4v) is 2.83. The van der Waals surface area contributed by atoms with E-state index in [4.69, 9.17) is 0 Å². The molecule has 3 amide bonds. The highest BCUT2D eigenvalue weighted by Crippen LogP contribution is 2.29. The topological polar surface area (TPSA) is 57.7 Å². The van der Waals surface area contributed by atoms with Crippen molar-refractivity contribution in [3.05, 3.63) is 30.3 Å². The van der Waals surface area contributed by atoms with Crippen LogP contribution in [0.25, 0.3) is 0 Å². The zero-order chi connectivity index (χ0) is 15.8. The maximum Gasteiger partial charge on any atom is 0.257 e. The van der Waals surface area contributed by atoms with E-state index in [-0.39, 0.29) is 24.1 Å². The molecule has 2 rings (SSSR count). The van der Waals surface area contributed by atoms with Gasteiger partial charge in [-0.1, -0.05) is 18.2 Å². The second-order valence-electron chi connectivity index (χ2n) is 6.18. The Morgan fingerprint density at radius 3 is 2.24 bits per heavy atom. The summed E-state index contributed by atoms with van der Waals surface area (Å²) in [5.41, 5.74) is 0.0338. The fraction of sp³-hybridized carbons (Fsp3) is 0.438. The number of anilines is 1. The van der Waals surface area contributed by atoms with E-state index < -0.39 is 11.6 Å². The zero-order valence-electron chi connectivity index (χ0n) is 12.8. The Labute approximate surface area is 124 Å². The molecule has 1 aliphatic rings. The molecule has 5 nitrogen and oxygen atoms in total. The Hall–Kier alpha value is -2.17. The lowest BCUT2D eigenvalue weighted by Gasteiger charge is -2.38. The predicted molar refractivity (Wildman–Crippen MR) is 79.6 cm³/mol. The van der Waals surface area contributed by atoms with Crippen LogP contribution in [0.2, 0.25) is 0 Å². The van der Waals surface area contributed by atoms with Crippen molar-refractivity contribution in [1.29, 1.82) is 0 Å². The number of carbonyl (C=O) groups is 3. The second-order valence-corrected chi connectivity index (χ2v) is 6.18. The van der Waals surface area contributed by atoms with Crippen LogP contribution in [0, 0.1) is 0 Å². The zero-order valence-corrected chi connectivity index (χ0v) is 12.8. The molecule has 1 aromatic rings. The molecule has 1 atom stereocenters. The van der Waals surface area contributed by atoms with Crippen molar-refractivity contribution < 1.29 is 14.4 Å². The Morgan fingerprint density at radius 1 is 1.19 bits per heavy atom. The number of para-hydroxylation sites is 1. The summed E-state index contributed by atoms with van der Waals surface area (Å²) >= 11 is 0. The molecule has 5 heteroatoms. The summed E-state index contributed by atoms with van der Waals surface area (Å²) in [5, 5.41) is 0. The SMILES string of the molecule is CC(=O)N(C1CC(=O)N(c2ccccc2)C1=O)C(C)(C)C. The predicted octanol–water partition coefficient (Wildman–Crippen LogP) is 1.97. The third kappa shape index (κ3) is 2.82. The molecule has 21 heavy (non-hydrogen) atoms. The highest BCUT2D eigenvalue weighted by molar-refractivity contribution is 6.23. The van der Waals surface area contributed by atoms with Crippen LogP contribution in [0.3, 0.4) is 0 Å². The van der Waals surface area contributed by atoms with Gasteiger partial charge in [-0.25, -0.2) is 4.90 Å². The lowest BCUT2D eigenvalue weighted by molar-refractivity contribution is -0.142. The number of nitrogens with zero attached hydrogens (tertiary/aromatic N) is 2. The summed E-state index contributed by atoms with van der Waals surface area (Å²) in [7, 11) is 0. The summed E-state index contributed by atoms with van der Waals surface area (Å²) in [4.78, 5) is 39.4. The highest BCUT2D eigenvalue weighted by Gasteiger charge is 2.46. The van der Waals surface area contributed by atoms with Gasteiger partial charge in [-0.15, -0.1) is 0 Å². The van der Waals surface area contributed by atoms with Crippen LogP contribution >= 0.6 is 0 Å². The first-order valence-corrected chi connectivity index (χ1v) is 6.95. The molecule has 0 saturated carbocycles. The first-order chi connectivity index (χ1) is 9.73. The maximum absolute atomic E-state index is 12.6. The number of benzene rings is 1. The van der Waals surface area contributed by atoms with Gasteiger partial charge >= 0.3 is 0 Å². The molecule has 1 fully saturated rings. The molecule has 1 aromatic carbocycles. The summed E-state index contributed by atoms with van der Waals surface area (Å²) in [6.07, 6.45) is 0.0323. The first-order valence-electron chi connectivity index (χ1n) is 6.95. The number of carbonyl (C=O) groups excluding carboxylic acids is 3. The van der Waals surface area contributed by atoms with Crippen LogP contribution in [-0.2, 0) is 14.4 Å². The van der Waals surface area contributed by atoms with Gasteiger partial charge in [0.2, 0.25) is 11.8 Å². The minimum atomic E-state index is -0.727. The molecule has 112 valence electrons. The third-order valence-corrected chi connectivity index (χ3v) is 3.51. The van der Waals surface area contributed by atoms with Gasteiger partial charge in [-0.05, 0) is 32.9 Å². The minimum Gasteiger partial charge on any atom is -0.326 e. The smallest absolute Gasteiger partial charge is 0.257 e. The number of rotatable bonds is 2. The van der Waals surface area contributed by atoms with E-state index in [1.807, 2.05) is 26.8 Å². The molecule has 1 saturated heterocycles. The second kappa shape index (κ2) is 5.31. The normalized spacial score (nSPS) is 19.0. The molecule has 0 aromatic heterocycles. The number of amides is 3. The monoisotopic (exact) mass is 288 g/mol. The van der Waals surface area contributed by atoms with Crippen molar-refractivity contribution in [3.8, 4) is 0 Å². The van der Waals surface area contributed by atoms with Crippen LogP contribution < -0.4 is 4.90 Å². The largest absolute Gasteiger partial charge is 0.326 e. The lowest BCUT2D eigenvalue weighted by atomic mass is 10.0. The van der Waals surface area contributed by atoms with Crippen molar-refractivity contribution in [2.45, 2.75) is 45.7 Å². The Balaban J connectivity index is 2.36. The molecule has 1 heterocycles. The minimum absolute atomic E-state index is 0.0323. The molecule has 1 aliphatic heterocycles. The van der Waals surface area contributed by atoms with Gasteiger partial charge in [0.05, 0.1) is 12.1 Å². The molecule has 0 aliphatic carbocycles. The highest BCUT2D eigenvalue weighted by atomic mass is 16.2. The van der Waals surface area contributed by atoms with Crippen LogP contribution in [0.1, 0.15) is 34.1 Å². The van der Waals surface area contributed by atoms with E-state index >= 15 is 0 Å². The maximum atomic E-state index is 12.6. The van der Waals surface area contributed by atoms with Gasteiger partial charge in [0.25, 0.3) is 5.91 Å². The van der Waals surface area contributed by atoms with Gasteiger partial charge in [0, 0.05) is 12.5 Å². The summed E-state index contributed by atoms with van der Waals surface area (Å²) in [6, 6.07) is 8.07. The summed E-state index contributed by atoms with van der Waals surface area (Å²) in [6.45, 7) is 7.00. The van der Waals surface area contributed by atoms with E-state index in [2.05, 4.69) is 0 Å². The van der Waals surface area contributed by atoms with Crippen LogP contribution in [0.5, 0.6) is 0 Å². The lowest BCUT2D eigenvalue weighted by Crippen LogP contribution is -2.53. The van der Waals surface area contributed by atoms with Crippen molar-refractivity contribution in [3.63, 3.8) is 0 Å². The average Bonchev–Trinajstić information content (AvgIpc) is 2.64. The van der Waals surface area contributed by atoms with Crippen LogP contribution in [0.15, 0.2) is 30.3 Å². The van der Waals surface area contributed by atoms with Gasteiger partial charge in [0.1, 0.15) is 6.04 Å². The van der Waals surface area contributed by atoms with Gasteiger partial charge in [0.15, 0.2) is 0 Å². The number of hydrogen-bond donors (Lipinski definition) is 0. The molecule has 1 unspecified atom stereocenters. The average molecular weight is 288 g/mol. The Kier molecular flexibility index (Phi) is 3.85. The van der Waals surface area contributed by atoms with Crippen molar-refractivity contribution in [1.82, 2.24) is 4.90 Å². The van der Waals surface area contributed by atoms with Gasteiger partial charge in [-0.3, -0.25) is 14.4 Å². The molecular weight excluding hydrogens is 268 g/mol.